The zero-order valence-electron chi connectivity index (χ0n) is 15.1. The van der Waals surface area contributed by atoms with Crippen molar-refractivity contribution < 1.29 is 0 Å². The molecule has 0 fully saturated rings. The molecule has 0 amide bonds. The Morgan fingerprint density at radius 2 is 1.68 bits per heavy atom. The molecule has 0 aliphatic carbocycles. The van der Waals surface area contributed by atoms with Crippen LogP contribution in [0.5, 0.6) is 0 Å². The fourth-order valence-corrected chi connectivity index (χ4v) is 3.42. The molecule has 0 unspecified atom stereocenters. The van der Waals surface area contributed by atoms with Gasteiger partial charge >= 0.3 is 0 Å². The van der Waals surface area contributed by atoms with E-state index in [0.29, 0.717) is 11.3 Å². The zero-order chi connectivity index (χ0) is 18.4. The molecule has 3 heterocycles. The lowest BCUT2D eigenvalue weighted by Crippen LogP contribution is -2.18. The van der Waals surface area contributed by atoms with Crippen LogP contribution in [0.1, 0.15) is 0 Å². The van der Waals surface area contributed by atoms with Crippen LogP contribution in [0.4, 0.5) is 0 Å². The molecule has 6 heteroatoms. The van der Waals surface area contributed by atoms with Crippen molar-refractivity contribution in [2.24, 2.45) is 7.05 Å². The third kappa shape index (κ3) is 2.92. The largest absolute Gasteiger partial charge is 0.311 e. The van der Waals surface area contributed by atoms with Crippen molar-refractivity contribution in [3.05, 3.63) is 89.6 Å². The molecular weight excluding hydrogens is 416 g/mol. The molecule has 0 bridgehead atoms. The van der Waals surface area contributed by atoms with Crippen LogP contribution in [0.3, 0.4) is 0 Å². The first-order valence-corrected chi connectivity index (χ1v) is 8.70. The highest BCUT2D eigenvalue weighted by molar-refractivity contribution is 8.93. The number of nitrogens with zero attached hydrogens (tertiary/aromatic N) is 4. The number of halogens is 1. The second-order valence-corrected chi connectivity index (χ2v) is 6.51. The first-order chi connectivity index (χ1) is 13.2. The highest BCUT2D eigenvalue weighted by atomic mass is 79.9. The summed E-state index contributed by atoms with van der Waals surface area (Å²) in [5.41, 5.74) is 4.36. The number of rotatable bonds is 2. The molecule has 138 valence electrons. The summed E-state index contributed by atoms with van der Waals surface area (Å²) in [6.07, 6.45) is 5.60. The third-order valence-electron chi connectivity index (χ3n) is 4.86. The van der Waals surface area contributed by atoms with Gasteiger partial charge in [-0.25, -0.2) is 9.97 Å². The monoisotopic (exact) mass is 432 g/mol. The minimum Gasteiger partial charge on any atom is -0.311 e. The van der Waals surface area contributed by atoms with Crippen molar-refractivity contribution >= 4 is 33.7 Å². The Bertz CT molecular complexity index is 1320. The third-order valence-corrected chi connectivity index (χ3v) is 4.86. The maximum atomic E-state index is 12.8. The van der Waals surface area contributed by atoms with E-state index in [2.05, 4.69) is 9.97 Å². The summed E-state index contributed by atoms with van der Waals surface area (Å²) < 4.78 is 3.59. The second-order valence-electron chi connectivity index (χ2n) is 6.51. The molecule has 5 nitrogen and oxygen atoms in total. The molecule has 2 aromatic carbocycles. The molecule has 3 aromatic heterocycles. The van der Waals surface area contributed by atoms with Gasteiger partial charge in [-0.05, 0) is 29.1 Å². The number of imidazole rings is 1. The summed E-state index contributed by atoms with van der Waals surface area (Å²) in [5, 5.41) is 1.05. The zero-order valence-corrected chi connectivity index (χ0v) is 16.8. The van der Waals surface area contributed by atoms with Crippen molar-refractivity contribution in [3.8, 4) is 22.4 Å². The van der Waals surface area contributed by atoms with Gasteiger partial charge in [0.05, 0.1) is 11.2 Å². The second kappa shape index (κ2) is 7.05. The lowest BCUT2D eigenvalue weighted by atomic mass is 10.0. The molecule has 5 rings (SSSR count). The van der Waals surface area contributed by atoms with Gasteiger partial charge in [0, 0.05) is 36.8 Å². The van der Waals surface area contributed by atoms with Crippen LogP contribution in [-0.2, 0) is 7.05 Å². The van der Waals surface area contributed by atoms with Crippen LogP contribution in [-0.4, -0.2) is 18.9 Å². The van der Waals surface area contributed by atoms with Gasteiger partial charge in [-0.1, -0.05) is 42.5 Å². The molecule has 0 saturated heterocycles. The van der Waals surface area contributed by atoms with E-state index in [1.54, 1.807) is 10.8 Å². The average Bonchev–Trinajstić information content (AvgIpc) is 3.15. The number of aromatic nitrogens is 4. The molecular formula is C22H17BrN4O. The first kappa shape index (κ1) is 18.1. The lowest BCUT2D eigenvalue weighted by Gasteiger charge is -2.09. The standard InChI is InChI=1S/C22H16N4O.BrH/c1-25-20-6-3-2-5-17(20)13-18(21(25)27)15-7-9-16(10-8-15)19-14-26-12-4-11-23-22(26)24-19;/h2-14H,1H3;1H. The molecule has 5 aromatic rings. The maximum absolute atomic E-state index is 12.8. The van der Waals surface area contributed by atoms with Gasteiger partial charge in [-0.2, -0.15) is 0 Å². The minimum absolute atomic E-state index is 0. The van der Waals surface area contributed by atoms with Gasteiger partial charge in [0.2, 0.25) is 5.78 Å². The average molecular weight is 433 g/mol. The summed E-state index contributed by atoms with van der Waals surface area (Å²) in [7, 11) is 1.81. The smallest absolute Gasteiger partial charge is 0.258 e. The van der Waals surface area contributed by atoms with E-state index in [0.717, 1.165) is 27.7 Å². The quantitative estimate of drug-likeness (QED) is 0.412. The Labute approximate surface area is 171 Å². The summed E-state index contributed by atoms with van der Waals surface area (Å²) in [4.78, 5) is 21.6. The van der Waals surface area contributed by atoms with Crippen molar-refractivity contribution in [2.75, 3.05) is 0 Å². The first-order valence-electron chi connectivity index (χ1n) is 8.70. The lowest BCUT2D eigenvalue weighted by molar-refractivity contribution is 0.909. The maximum Gasteiger partial charge on any atom is 0.258 e. The van der Waals surface area contributed by atoms with Crippen LogP contribution in [0.2, 0.25) is 0 Å². The number of pyridine rings is 1. The summed E-state index contributed by atoms with van der Waals surface area (Å²) in [5.74, 6) is 0.667. The van der Waals surface area contributed by atoms with Crippen molar-refractivity contribution in [2.45, 2.75) is 0 Å². The Morgan fingerprint density at radius 1 is 0.929 bits per heavy atom. The Kier molecular flexibility index (Phi) is 4.57. The molecule has 28 heavy (non-hydrogen) atoms. The van der Waals surface area contributed by atoms with Crippen molar-refractivity contribution in [1.29, 1.82) is 0 Å². The fraction of sp³-hybridized carbons (Fsp3) is 0.0455. The molecule has 0 saturated carbocycles. The van der Waals surface area contributed by atoms with Crippen LogP contribution < -0.4 is 5.56 Å². The van der Waals surface area contributed by atoms with Crippen molar-refractivity contribution in [3.63, 3.8) is 0 Å². The van der Waals surface area contributed by atoms with E-state index in [1.807, 2.05) is 84.5 Å². The topological polar surface area (TPSA) is 52.2 Å². The van der Waals surface area contributed by atoms with Crippen molar-refractivity contribution in [1.82, 2.24) is 18.9 Å². The van der Waals surface area contributed by atoms with Crippen LogP contribution in [0.15, 0.2) is 84.0 Å². The number of fused-ring (bicyclic) bond motifs is 2. The van der Waals surface area contributed by atoms with Gasteiger partial charge in [-0.3, -0.25) is 9.20 Å². The summed E-state index contributed by atoms with van der Waals surface area (Å²) in [6, 6.07) is 19.7. The van der Waals surface area contributed by atoms with Crippen LogP contribution >= 0.6 is 17.0 Å². The molecule has 0 atom stereocenters. The Balaban J connectivity index is 0.00000192. The fourth-order valence-electron chi connectivity index (χ4n) is 3.42. The Morgan fingerprint density at radius 3 is 2.46 bits per heavy atom. The summed E-state index contributed by atoms with van der Waals surface area (Å²) >= 11 is 0. The number of para-hydroxylation sites is 1. The number of benzene rings is 2. The van der Waals surface area contributed by atoms with E-state index >= 15 is 0 Å². The van der Waals surface area contributed by atoms with Crippen LogP contribution in [0.25, 0.3) is 39.1 Å². The SMILES string of the molecule is Br.Cn1c(=O)c(-c2ccc(-c3cn4cccnc4n3)cc2)cc2ccccc21. The van der Waals surface area contributed by atoms with Gasteiger partial charge in [0.25, 0.3) is 5.56 Å². The summed E-state index contributed by atoms with van der Waals surface area (Å²) in [6.45, 7) is 0. The van der Waals surface area contributed by atoms with E-state index in [-0.39, 0.29) is 22.5 Å². The Hall–Kier alpha value is -3.25. The minimum atomic E-state index is -0.00150. The van der Waals surface area contributed by atoms with Crippen LogP contribution in [0, 0.1) is 0 Å². The molecule has 0 N–H and O–H groups in total. The predicted octanol–water partition coefficient (Wildman–Crippen LogP) is 4.49. The van der Waals surface area contributed by atoms with E-state index in [1.165, 1.54) is 0 Å². The highest BCUT2D eigenvalue weighted by Gasteiger charge is 2.10. The molecule has 0 aliphatic rings. The highest BCUT2D eigenvalue weighted by Crippen LogP contribution is 2.24. The predicted molar refractivity (Wildman–Crippen MR) is 117 cm³/mol. The van der Waals surface area contributed by atoms with E-state index < -0.39 is 0 Å². The molecule has 0 spiro atoms. The molecule has 0 radical (unpaired) electrons. The van der Waals surface area contributed by atoms with E-state index in [4.69, 9.17) is 0 Å². The van der Waals surface area contributed by atoms with Gasteiger partial charge in [0.15, 0.2) is 0 Å². The number of hydrogen-bond donors (Lipinski definition) is 0. The number of hydrogen-bond acceptors (Lipinski definition) is 3. The van der Waals surface area contributed by atoms with Gasteiger partial charge in [-0.15, -0.1) is 17.0 Å². The van der Waals surface area contributed by atoms with Gasteiger partial charge < -0.3 is 4.57 Å². The number of aryl methyl sites for hydroxylation is 1. The van der Waals surface area contributed by atoms with Gasteiger partial charge in [0.1, 0.15) is 0 Å². The normalized spacial score (nSPS) is 10.9. The van der Waals surface area contributed by atoms with E-state index in [9.17, 15) is 4.79 Å². The molecule has 0 aliphatic heterocycles.